The molecule has 4 unspecified atom stereocenters. The number of nitrogens with one attached hydrogen (secondary N) is 2. The Morgan fingerprint density at radius 1 is 1.19 bits per heavy atom. The first-order valence-corrected chi connectivity index (χ1v) is 14.2. The Hall–Kier alpha value is -4.38. The molecule has 5 rings (SSSR count). The van der Waals surface area contributed by atoms with Crippen LogP contribution in [-0.2, 0) is 29.6 Å². The highest BCUT2D eigenvalue weighted by atomic mass is 16.5. The molecular formula is C31H38N8O3. The third-order valence-corrected chi connectivity index (χ3v) is 8.30. The van der Waals surface area contributed by atoms with Crippen LogP contribution in [0.15, 0.2) is 64.2 Å². The van der Waals surface area contributed by atoms with Crippen molar-refractivity contribution in [1.82, 2.24) is 30.5 Å². The van der Waals surface area contributed by atoms with Gasteiger partial charge in [0.25, 0.3) is 0 Å². The Bertz CT molecular complexity index is 1500. The van der Waals surface area contributed by atoms with Crippen molar-refractivity contribution in [2.24, 2.45) is 28.9 Å². The Morgan fingerprint density at radius 2 is 1.98 bits per heavy atom. The van der Waals surface area contributed by atoms with Crippen molar-refractivity contribution in [1.29, 1.82) is 0 Å². The Morgan fingerprint density at radius 3 is 2.74 bits per heavy atom. The molecule has 0 spiro atoms. The summed E-state index contributed by atoms with van der Waals surface area (Å²) < 4.78 is 7.01. The lowest BCUT2D eigenvalue weighted by atomic mass is 9.96. The van der Waals surface area contributed by atoms with Gasteiger partial charge in [0.15, 0.2) is 0 Å². The number of fused-ring (bicyclic) bond motifs is 1. The van der Waals surface area contributed by atoms with E-state index in [9.17, 15) is 9.59 Å². The molecule has 2 fully saturated rings. The molecule has 11 nitrogen and oxygen atoms in total. The van der Waals surface area contributed by atoms with Crippen LogP contribution in [0.2, 0.25) is 0 Å². The Balaban J connectivity index is 1.28. The van der Waals surface area contributed by atoms with Crippen LogP contribution in [0.4, 0.5) is 0 Å². The minimum absolute atomic E-state index is 0.0279. The normalized spacial score (nSPS) is 22.6. The van der Waals surface area contributed by atoms with Crippen LogP contribution < -0.4 is 15.4 Å². The lowest BCUT2D eigenvalue weighted by Crippen LogP contribution is -2.51. The van der Waals surface area contributed by atoms with E-state index in [1.54, 1.807) is 22.9 Å². The fourth-order valence-corrected chi connectivity index (χ4v) is 5.94. The number of benzene rings is 2. The van der Waals surface area contributed by atoms with Gasteiger partial charge in [-0.05, 0) is 80.1 Å². The zero-order valence-electron chi connectivity index (χ0n) is 24.4. The first kappa shape index (κ1) is 29.1. The largest absolute Gasteiger partial charge is 0.497 e. The monoisotopic (exact) mass is 570 g/mol. The molecule has 2 aliphatic rings. The average Bonchev–Trinajstić information content (AvgIpc) is 3.75. The van der Waals surface area contributed by atoms with Gasteiger partial charge in [0.2, 0.25) is 11.8 Å². The Kier molecular flexibility index (Phi) is 9.06. The smallest absolute Gasteiger partial charge is 0.243 e. The van der Waals surface area contributed by atoms with E-state index in [0.717, 1.165) is 39.9 Å². The molecule has 4 atom stereocenters. The molecular weight excluding hydrogens is 532 g/mol. The highest BCUT2D eigenvalue weighted by Crippen LogP contribution is 2.31. The molecule has 2 aliphatic heterocycles. The van der Waals surface area contributed by atoms with Crippen molar-refractivity contribution >= 4 is 35.9 Å². The van der Waals surface area contributed by atoms with Crippen molar-refractivity contribution in [2.45, 2.75) is 44.8 Å². The topological polar surface area (TPSA) is 126 Å². The van der Waals surface area contributed by atoms with Crippen LogP contribution >= 0.6 is 0 Å². The SMILES string of the molecule is C=NC=N/C=C(\C)C1CNC(C(=O)N2CC(Cc3ccc(OC)cc3)CC2C(=O)NCc2ccc3c(c2)nnn3C)C1. The molecule has 42 heavy (non-hydrogen) atoms. The maximum Gasteiger partial charge on any atom is 0.243 e. The first-order chi connectivity index (χ1) is 20.4. The molecule has 0 saturated carbocycles. The minimum Gasteiger partial charge on any atom is -0.497 e. The van der Waals surface area contributed by atoms with E-state index in [4.69, 9.17) is 4.74 Å². The third kappa shape index (κ3) is 6.57. The lowest BCUT2D eigenvalue weighted by molar-refractivity contribution is -0.139. The first-order valence-electron chi connectivity index (χ1n) is 14.2. The zero-order valence-corrected chi connectivity index (χ0v) is 24.4. The van der Waals surface area contributed by atoms with E-state index in [1.807, 2.05) is 56.4 Å². The molecule has 1 aromatic heterocycles. The van der Waals surface area contributed by atoms with Crippen molar-refractivity contribution in [3.05, 3.63) is 65.4 Å². The number of amides is 2. The summed E-state index contributed by atoms with van der Waals surface area (Å²) in [5.41, 5.74) is 4.86. The summed E-state index contributed by atoms with van der Waals surface area (Å²) in [7, 11) is 3.49. The molecule has 3 heterocycles. The summed E-state index contributed by atoms with van der Waals surface area (Å²) in [5.74, 6) is 0.976. The number of rotatable bonds is 10. The quantitative estimate of drug-likeness (QED) is 0.285. The number of hydrogen-bond donors (Lipinski definition) is 2. The highest BCUT2D eigenvalue weighted by Gasteiger charge is 2.43. The van der Waals surface area contributed by atoms with E-state index in [-0.39, 0.29) is 29.7 Å². The average molecular weight is 571 g/mol. The van der Waals surface area contributed by atoms with Crippen LogP contribution in [0.25, 0.3) is 11.0 Å². The standard InChI is InChI=1S/C31H38N8O3/c1-20(15-33-19-32-2)24-14-27(34-17-24)31(41)39-18-23(11-21-5-8-25(42-4)9-6-21)13-29(39)30(40)35-16-22-7-10-28-26(12-22)36-37-38(28)3/h5-10,12,15,19,23-24,27,29,34H,2,11,13-14,16-18H2,1,3-4H3,(H,35,40)/b20-15+,33-19?. The second-order valence-electron chi connectivity index (χ2n) is 11.1. The molecule has 2 aromatic carbocycles. The van der Waals surface area contributed by atoms with Crippen LogP contribution in [0.5, 0.6) is 5.75 Å². The van der Waals surface area contributed by atoms with Gasteiger partial charge in [0.1, 0.15) is 23.6 Å². The van der Waals surface area contributed by atoms with Gasteiger partial charge in [0.05, 0.1) is 18.7 Å². The second-order valence-corrected chi connectivity index (χ2v) is 11.1. The maximum absolute atomic E-state index is 13.9. The number of carbonyl (C=O) groups excluding carboxylic acids is 2. The fraction of sp³-hybridized carbons (Fsp3) is 0.419. The molecule has 3 aromatic rings. The molecule has 0 radical (unpaired) electrons. The number of hydrogen-bond acceptors (Lipinski definition) is 7. The van der Waals surface area contributed by atoms with E-state index in [2.05, 4.69) is 37.6 Å². The Labute approximate surface area is 245 Å². The van der Waals surface area contributed by atoms with Gasteiger partial charge in [-0.25, -0.2) is 9.67 Å². The number of aromatic nitrogens is 3. The predicted octanol–water partition coefficient (Wildman–Crippen LogP) is 2.66. The van der Waals surface area contributed by atoms with Crippen LogP contribution in [0, 0.1) is 11.8 Å². The lowest BCUT2D eigenvalue weighted by Gasteiger charge is -2.27. The van der Waals surface area contributed by atoms with Gasteiger partial charge < -0.3 is 20.3 Å². The third-order valence-electron chi connectivity index (χ3n) is 8.30. The molecule has 2 amide bonds. The molecule has 0 bridgehead atoms. The van der Waals surface area contributed by atoms with E-state index < -0.39 is 6.04 Å². The molecule has 220 valence electrons. The van der Waals surface area contributed by atoms with Crippen LogP contribution in [0.1, 0.15) is 30.9 Å². The summed E-state index contributed by atoms with van der Waals surface area (Å²) in [4.78, 5) is 37.0. The summed E-state index contributed by atoms with van der Waals surface area (Å²) in [6.07, 6.45) is 5.20. The molecule has 2 N–H and O–H groups in total. The number of aryl methyl sites for hydroxylation is 1. The minimum atomic E-state index is -0.540. The highest BCUT2D eigenvalue weighted by molar-refractivity contribution is 5.90. The molecule has 11 heteroatoms. The van der Waals surface area contributed by atoms with Gasteiger partial charge in [-0.3, -0.25) is 14.6 Å². The van der Waals surface area contributed by atoms with Crippen molar-refractivity contribution in [3.8, 4) is 5.75 Å². The second kappa shape index (κ2) is 13.1. The van der Waals surface area contributed by atoms with Gasteiger partial charge in [-0.15, -0.1) is 5.10 Å². The predicted molar refractivity (Wildman–Crippen MR) is 162 cm³/mol. The fourth-order valence-electron chi connectivity index (χ4n) is 5.94. The van der Waals surface area contributed by atoms with Crippen molar-refractivity contribution in [3.63, 3.8) is 0 Å². The number of carbonyl (C=O) groups is 2. The van der Waals surface area contributed by atoms with Crippen molar-refractivity contribution in [2.75, 3.05) is 20.2 Å². The number of aliphatic imine (C=N–C) groups is 2. The number of methoxy groups -OCH3 is 1. The summed E-state index contributed by atoms with van der Waals surface area (Å²) >= 11 is 0. The molecule has 2 saturated heterocycles. The number of likely N-dealkylation sites (tertiary alicyclic amines) is 1. The van der Waals surface area contributed by atoms with Gasteiger partial charge in [-0.2, -0.15) is 0 Å². The van der Waals surface area contributed by atoms with Gasteiger partial charge >= 0.3 is 0 Å². The summed E-state index contributed by atoms with van der Waals surface area (Å²) in [6.45, 7) is 6.97. The summed E-state index contributed by atoms with van der Waals surface area (Å²) in [6, 6.07) is 12.9. The van der Waals surface area contributed by atoms with Crippen LogP contribution in [0.3, 0.4) is 0 Å². The van der Waals surface area contributed by atoms with Gasteiger partial charge in [0, 0.05) is 32.9 Å². The maximum atomic E-state index is 13.9. The molecule has 0 aliphatic carbocycles. The van der Waals surface area contributed by atoms with E-state index in [1.165, 1.54) is 6.34 Å². The zero-order chi connectivity index (χ0) is 29.6. The van der Waals surface area contributed by atoms with Gasteiger partial charge in [-0.1, -0.05) is 29.0 Å². The van der Waals surface area contributed by atoms with Crippen LogP contribution in [-0.4, -0.2) is 77.0 Å². The number of ether oxygens (including phenoxy) is 1. The van der Waals surface area contributed by atoms with Crippen molar-refractivity contribution < 1.29 is 14.3 Å². The van der Waals surface area contributed by atoms with E-state index in [0.29, 0.717) is 32.5 Å². The summed E-state index contributed by atoms with van der Waals surface area (Å²) in [5, 5.41) is 14.7. The number of nitrogens with zero attached hydrogens (tertiary/aromatic N) is 6. The van der Waals surface area contributed by atoms with E-state index >= 15 is 0 Å².